The largest absolute Gasteiger partial charge is 0.374 e. The molecule has 1 aliphatic heterocycles. The van der Waals surface area contributed by atoms with Gasteiger partial charge in [0.2, 0.25) is 0 Å². The van der Waals surface area contributed by atoms with E-state index in [4.69, 9.17) is 4.74 Å². The fourth-order valence-corrected chi connectivity index (χ4v) is 9.50. The normalized spacial score (nSPS) is 57.2. The van der Waals surface area contributed by atoms with Crippen molar-refractivity contribution < 1.29 is 9.53 Å². The summed E-state index contributed by atoms with van der Waals surface area (Å²) in [6.45, 7) is 6.00. The van der Waals surface area contributed by atoms with Crippen molar-refractivity contribution in [3.8, 4) is 0 Å². The first kappa shape index (κ1) is 16.3. The average Bonchev–Trinajstić information content (AvgIpc) is 3.21. The number of rotatable bonds is 1. The first-order valence-electron chi connectivity index (χ1n) is 11.5. The highest BCUT2D eigenvalue weighted by Gasteiger charge is 2.78. The molecule has 6 aliphatic rings. The van der Waals surface area contributed by atoms with E-state index in [1.165, 1.54) is 50.5 Å². The number of carbonyl (C=O) groups is 1. The molecule has 0 N–H and O–H groups in total. The fraction of sp³-hybridized carbons (Fsp3) is 0.875. The van der Waals surface area contributed by atoms with E-state index in [9.17, 15) is 4.79 Å². The Hall–Kier alpha value is -0.630. The second kappa shape index (κ2) is 5.25. The Kier molecular flexibility index (Phi) is 3.30. The van der Waals surface area contributed by atoms with E-state index >= 15 is 0 Å². The SMILES string of the molecule is CC[C@]12CCC3C(C1[C@@H]1C[C@@H]1[C@@]21CCCO1)[C@@H](C)CC1=CC(=O)CC[C@@H]13. The maximum absolute atomic E-state index is 12.0. The van der Waals surface area contributed by atoms with E-state index < -0.39 is 0 Å². The molecule has 2 heteroatoms. The molecule has 3 unspecified atom stereocenters. The second-order valence-electron chi connectivity index (χ2n) is 10.7. The van der Waals surface area contributed by atoms with Gasteiger partial charge in [-0.15, -0.1) is 0 Å². The quantitative estimate of drug-likeness (QED) is 0.649. The Morgan fingerprint density at radius 3 is 2.88 bits per heavy atom. The maximum Gasteiger partial charge on any atom is 0.155 e. The van der Waals surface area contributed by atoms with E-state index in [1.54, 1.807) is 0 Å². The Bertz CT molecular complexity index is 672. The number of allylic oxidation sites excluding steroid dienone is 1. The first-order chi connectivity index (χ1) is 12.6. The summed E-state index contributed by atoms with van der Waals surface area (Å²) in [5, 5.41) is 0. The minimum Gasteiger partial charge on any atom is -0.374 e. The summed E-state index contributed by atoms with van der Waals surface area (Å²) in [6, 6.07) is 0. The van der Waals surface area contributed by atoms with Crippen molar-refractivity contribution in [3.05, 3.63) is 11.6 Å². The van der Waals surface area contributed by atoms with Crippen LogP contribution in [0.4, 0.5) is 0 Å². The van der Waals surface area contributed by atoms with Gasteiger partial charge >= 0.3 is 0 Å². The van der Waals surface area contributed by atoms with Crippen LogP contribution in [0.2, 0.25) is 0 Å². The zero-order valence-electron chi connectivity index (χ0n) is 16.5. The minimum atomic E-state index is 0.250. The molecular weight excluding hydrogens is 320 g/mol. The van der Waals surface area contributed by atoms with Gasteiger partial charge in [-0.05, 0) is 98.9 Å². The van der Waals surface area contributed by atoms with Crippen LogP contribution >= 0.6 is 0 Å². The van der Waals surface area contributed by atoms with Crippen LogP contribution < -0.4 is 0 Å². The Morgan fingerprint density at radius 1 is 1.23 bits per heavy atom. The second-order valence-corrected chi connectivity index (χ2v) is 10.7. The van der Waals surface area contributed by atoms with Crippen LogP contribution in [-0.2, 0) is 9.53 Å². The molecule has 0 amide bonds. The van der Waals surface area contributed by atoms with Gasteiger partial charge in [0.05, 0.1) is 5.60 Å². The van der Waals surface area contributed by atoms with Crippen LogP contribution in [0.5, 0.6) is 0 Å². The number of hydrogen-bond donors (Lipinski definition) is 0. The van der Waals surface area contributed by atoms with Gasteiger partial charge in [-0.25, -0.2) is 0 Å². The Morgan fingerprint density at radius 2 is 2.12 bits per heavy atom. The van der Waals surface area contributed by atoms with Gasteiger partial charge in [0.25, 0.3) is 0 Å². The van der Waals surface area contributed by atoms with E-state index in [2.05, 4.69) is 19.9 Å². The summed E-state index contributed by atoms with van der Waals surface area (Å²) < 4.78 is 6.70. The standard InChI is InChI=1S/C24H34O2/c1-3-23-9-7-18-17-6-5-16(25)12-15(17)11-14(2)21(18)22(23)19-13-20(19)24(23)8-4-10-26-24/h12,14,17-22H,3-11,13H2,1-2H3/t14-,17-,18?,19+,20-,21?,22?,23-,24-/m0/s1. The predicted octanol–water partition coefficient (Wildman–Crippen LogP) is 5.17. The Labute approximate surface area is 158 Å². The molecule has 0 aromatic carbocycles. The molecule has 142 valence electrons. The molecule has 26 heavy (non-hydrogen) atoms. The maximum atomic E-state index is 12.0. The van der Waals surface area contributed by atoms with Gasteiger partial charge in [-0.3, -0.25) is 4.79 Å². The molecule has 0 aromatic rings. The van der Waals surface area contributed by atoms with Gasteiger partial charge in [-0.1, -0.05) is 19.4 Å². The molecule has 0 aromatic heterocycles. The molecule has 0 bridgehead atoms. The zero-order chi connectivity index (χ0) is 17.7. The molecule has 6 rings (SSSR count). The van der Waals surface area contributed by atoms with Gasteiger partial charge in [0.15, 0.2) is 5.78 Å². The number of ether oxygens (including phenoxy) is 1. The van der Waals surface area contributed by atoms with Crippen molar-refractivity contribution in [2.75, 3.05) is 6.61 Å². The fourth-order valence-electron chi connectivity index (χ4n) is 9.50. The third-order valence-corrected chi connectivity index (χ3v) is 10.2. The number of carbonyl (C=O) groups excluding carboxylic acids is 1. The summed E-state index contributed by atoms with van der Waals surface area (Å²) in [5.41, 5.74) is 2.25. The van der Waals surface area contributed by atoms with Gasteiger partial charge in [0, 0.05) is 18.4 Å². The summed E-state index contributed by atoms with van der Waals surface area (Å²) in [7, 11) is 0. The van der Waals surface area contributed by atoms with E-state index in [1.807, 2.05) is 0 Å². The van der Waals surface area contributed by atoms with Crippen molar-refractivity contribution in [2.45, 2.75) is 77.2 Å². The molecule has 1 spiro atoms. The number of hydrogen-bond acceptors (Lipinski definition) is 2. The molecule has 1 saturated heterocycles. The molecule has 9 atom stereocenters. The van der Waals surface area contributed by atoms with Crippen LogP contribution in [0.25, 0.3) is 0 Å². The van der Waals surface area contributed by atoms with Crippen LogP contribution in [0.15, 0.2) is 11.6 Å². The van der Waals surface area contributed by atoms with Gasteiger partial charge < -0.3 is 4.74 Å². The average molecular weight is 355 g/mol. The number of fused-ring (bicyclic) bond motifs is 9. The lowest BCUT2D eigenvalue weighted by atomic mass is 9.46. The zero-order valence-corrected chi connectivity index (χ0v) is 16.5. The molecule has 4 saturated carbocycles. The van der Waals surface area contributed by atoms with Gasteiger partial charge in [-0.2, -0.15) is 0 Å². The lowest BCUT2D eigenvalue weighted by molar-refractivity contribution is -0.165. The number of ketones is 1. The summed E-state index contributed by atoms with van der Waals surface area (Å²) in [6.07, 6.45) is 13.4. The topological polar surface area (TPSA) is 26.3 Å². The highest BCUT2D eigenvalue weighted by Crippen LogP contribution is 2.79. The summed E-state index contributed by atoms with van der Waals surface area (Å²) in [4.78, 5) is 12.0. The van der Waals surface area contributed by atoms with Crippen molar-refractivity contribution >= 4 is 5.78 Å². The molecule has 1 heterocycles. The third-order valence-electron chi connectivity index (χ3n) is 10.2. The highest BCUT2D eigenvalue weighted by atomic mass is 16.5. The minimum absolute atomic E-state index is 0.250. The van der Waals surface area contributed by atoms with Crippen molar-refractivity contribution in [3.63, 3.8) is 0 Å². The van der Waals surface area contributed by atoms with Crippen LogP contribution in [0, 0.1) is 46.8 Å². The Balaban J connectivity index is 1.42. The predicted molar refractivity (Wildman–Crippen MR) is 102 cm³/mol. The van der Waals surface area contributed by atoms with Crippen molar-refractivity contribution in [1.29, 1.82) is 0 Å². The van der Waals surface area contributed by atoms with E-state index in [0.29, 0.717) is 11.2 Å². The third kappa shape index (κ3) is 1.77. The summed E-state index contributed by atoms with van der Waals surface area (Å²) >= 11 is 0. The molecule has 2 nitrogen and oxygen atoms in total. The molecular formula is C24H34O2. The molecule has 5 fully saturated rings. The molecule has 0 radical (unpaired) electrons. The monoisotopic (exact) mass is 354 g/mol. The smallest absolute Gasteiger partial charge is 0.155 e. The van der Waals surface area contributed by atoms with Gasteiger partial charge in [0.1, 0.15) is 0 Å². The van der Waals surface area contributed by atoms with Crippen molar-refractivity contribution in [2.24, 2.45) is 46.8 Å². The lowest BCUT2D eigenvalue weighted by Gasteiger charge is -2.60. The van der Waals surface area contributed by atoms with E-state index in [0.717, 1.165) is 60.9 Å². The molecule has 5 aliphatic carbocycles. The van der Waals surface area contributed by atoms with Crippen LogP contribution in [-0.4, -0.2) is 18.0 Å². The van der Waals surface area contributed by atoms with Crippen molar-refractivity contribution in [1.82, 2.24) is 0 Å². The first-order valence-corrected chi connectivity index (χ1v) is 11.5. The van der Waals surface area contributed by atoms with Crippen LogP contribution in [0.3, 0.4) is 0 Å². The lowest BCUT2D eigenvalue weighted by Crippen LogP contribution is -2.57. The summed E-state index contributed by atoms with van der Waals surface area (Å²) in [5.74, 6) is 6.35. The van der Waals surface area contributed by atoms with E-state index in [-0.39, 0.29) is 5.60 Å². The van der Waals surface area contributed by atoms with Crippen LogP contribution in [0.1, 0.15) is 71.6 Å². The highest BCUT2D eigenvalue weighted by molar-refractivity contribution is 5.91.